The van der Waals surface area contributed by atoms with Crippen molar-refractivity contribution < 1.29 is 14.3 Å². The van der Waals surface area contributed by atoms with Crippen LogP contribution < -0.4 is 20.5 Å². The zero-order valence-corrected chi connectivity index (χ0v) is 14.0. The quantitative estimate of drug-likeness (QED) is 0.890. The van der Waals surface area contributed by atoms with Crippen LogP contribution in [0.25, 0.3) is 0 Å². The molecule has 0 aromatic heterocycles. The number of amides is 1. The van der Waals surface area contributed by atoms with Gasteiger partial charge in [-0.05, 0) is 30.5 Å². The molecule has 3 N–H and O–H groups in total. The number of fused-ring (bicyclic) bond motifs is 1. The lowest BCUT2D eigenvalue weighted by atomic mass is 9.94. The molecule has 1 aliphatic heterocycles. The Balaban J connectivity index is 1.55. The lowest BCUT2D eigenvalue weighted by Crippen LogP contribution is -2.40. The minimum absolute atomic E-state index is 0.424. The highest BCUT2D eigenvalue weighted by Gasteiger charge is 2.42. The van der Waals surface area contributed by atoms with Crippen molar-refractivity contribution in [2.24, 2.45) is 5.73 Å². The van der Waals surface area contributed by atoms with Gasteiger partial charge in [-0.1, -0.05) is 36.8 Å². The maximum absolute atomic E-state index is 11.9. The van der Waals surface area contributed by atoms with Crippen molar-refractivity contribution in [1.29, 1.82) is 0 Å². The summed E-state index contributed by atoms with van der Waals surface area (Å²) in [5.41, 5.74) is 7.19. The van der Waals surface area contributed by atoms with Gasteiger partial charge in [-0.15, -0.1) is 0 Å². The molecule has 0 bridgehead atoms. The van der Waals surface area contributed by atoms with Crippen LogP contribution in [-0.4, -0.2) is 11.7 Å². The molecule has 1 amide bonds. The van der Waals surface area contributed by atoms with Crippen LogP contribution in [0.1, 0.15) is 43.7 Å². The van der Waals surface area contributed by atoms with Gasteiger partial charge in [0.25, 0.3) is 5.79 Å². The molecule has 1 atom stereocenters. The summed E-state index contributed by atoms with van der Waals surface area (Å²) in [6, 6.07) is 14.5. The minimum atomic E-state index is -0.592. The Morgan fingerprint density at radius 2 is 1.72 bits per heavy atom. The first kappa shape index (κ1) is 15.8. The van der Waals surface area contributed by atoms with Gasteiger partial charge in [-0.2, -0.15) is 0 Å². The molecule has 1 fully saturated rings. The van der Waals surface area contributed by atoms with E-state index in [9.17, 15) is 4.79 Å². The third-order valence-electron chi connectivity index (χ3n) is 4.88. The summed E-state index contributed by atoms with van der Waals surface area (Å²) in [6.45, 7) is 0. The van der Waals surface area contributed by atoms with E-state index in [1.54, 1.807) is 0 Å². The van der Waals surface area contributed by atoms with Crippen molar-refractivity contribution in [3.05, 3.63) is 54.1 Å². The van der Waals surface area contributed by atoms with Crippen molar-refractivity contribution in [3.8, 4) is 11.5 Å². The first-order valence-electron chi connectivity index (χ1n) is 8.78. The highest BCUT2D eigenvalue weighted by Crippen LogP contribution is 2.46. The Morgan fingerprint density at radius 1 is 1.00 bits per heavy atom. The van der Waals surface area contributed by atoms with Crippen LogP contribution in [0.15, 0.2) is 48.5 Å². The molecule has 1 heterocycles. The van der Waals surface area contributed by atoms with Gasteiger partial charge in [-0.25, -0.2) is 0 Å². The zero-order valence-electron chi connectivity index (χ0n) is 14.0. The summed E-state index contributed by atoms with van der Waals surface area (Å²) in [7, 11) is 0. The van der Waals surface area contributed by atoms with Crippen LogP contribution in [0.3, 0.4) is 0 Å². The van der Waals surface area contributed by atoms with Crippen molar-refractivity contribution in [2.75, 3.05) is 5.32 Å². The molecule has 0 radical (unpaired) electrons. The Bertz CT molecular complexity index is 770. The van der Waals surface area contributed by atoms with Crippen molar-refractivity contribution >= 4 is 11.6 Å². The lowest BCUT2D eigenvalue weighted by Gasteiger charge is -2.31. The molecule has 2 aromatic carbocycles. The van der Waals surface area contributed by atoms with Crippen LogP contribution in [0.5, 0.6) is 11.5 Å². The molecule has 1 saturated carbocycles. The number of ether oxygens (including phenoxy) is 2. The van der Waals surface area contributed by atoms with E-state index in [2.05, 4.69) is 5.32 Å². The highest BCUT2D eigenvalue weighted by molar-refractivity contribution is 5.84. The van der Waals surface area contributed by atoms with E-state index in [-0.39, 0.29) is 0 Å². The highest BCUT2D eigenvalue weighted by atomic mass is 16.7. The molecule has 1 aliphatic carbocycles. The second-order valence-electron chi connectivity index (χ2n) is 6.73. The van der Waals surface area contributed by atoms with Crippen molar-refractivity contribution in [2.45, 2.75) is 43.9 Å². The van der Waals surface area contributed by atoms with Crippen LogP contribution in [0, 0.1) is 0 Å². The van der Waals surface area contributed by atoms with Gasteiger partial charge in [0.05, 0.1) is 0 Å². The fourth-order valence-corrected chi connectivity index (χ4v) is 3.61. The van der Waals surface area contributed by atoms with E-state index in [1.807, 2.05) is 48.5 Å². The Morgan fingerprint density at radius 3 is 2.44 bits per heavy atom. The summed E-state index contributed by atoms with van der Waals surface area (Å²) in [5.74, 6) is 0.570. The van der Waals surface area contributed by atoms with E-state index >= 15 is 0 Å². The average Bonchev–Trinajstić information content (AvgIpc) is 2.97. The van der Waals surface area contributed by atoms with E-state index in [0.29, 0.717) is 0 Å². The van der Waals surface area contributed by atoms with E-state index in [1.165, 1.54) is 6.42 Å². The van der Waals surface area contributed by atoms with Gasteiger partial charge in [0.2, 0.25) is 5.91 Å². The topological polar surface area (TPSA) is 73.6 Å². The Labute approximate surface area is 147 Å². The van der Waals surface area contributed by atoms with Crippen molar-refractivity contribution in [3.63, 3.8) is 0 Å². The fraction of sp³-hybridized carbons (Fsp3) is 0.350. The molecular weight excluding hydrogens is 316 g/mol. The number of carbonyl (C=O) groups is 1. The largest absolute Gasteiger partial charge is 0.448 e. The van der Waals surface area contributed by atoms with Gasteiger partial charge < -0.3 is 20.5 Å². The second-order valence-corrected chi connectivity index (χ2v) is 6.73. The smallest absolute Gasteiger partial charge is 0.251 e. The molecule has 0 unspecified atom stereocenters. The average molecular weight is 338 g/mol. The fourth-order valence-electron chi connectivity index (χ4n) is 3.61. The maximum atomic E-state index is 11.9. The van der Waals surface area contributed by atoms with Crippen LogP contribution in [0.4, 0.5) is 5.69 Å². The number of nitrogens with one attached hydrogen (secondary N) is 1. The molecule has 2 aliphatic rings. The zero-order chi connectivity index (χ0) is 17.3. The number of nitrogens with two attached hydrogens (primary N) is 1. The van der Waals surface area contributed by atoms with Gasteiger partial charge in [0, 0.05) is 24.6 Å². The Kier molecular flexibility index (Phi) is 3.99. The van der Waals surface area contributed by atoms with Gasteiger partial charge >= 0.3 is 0 Å². The number of primary amides is 1. The summed E-state index contributed by atoms with van der Waals surface area (Å²) < 4.78 is 12.2. The van der Waals surface area contributed by atoms with Crippen LogP contribution >= 0.6 is 0 Å². The number of hydrogen-bond acceptors (Lipinski definition) is 4. The van der Waals surface area contributed by atoms with Gasteiger partial charge in [0.1, 0.15) is 6.04 Å². The van der Waals surface area contributed by atoms with E-state index in [4.69, 9.17) is 15.2 Å². The molecule has 5 nitrogen and oxygen atoms in total. The summed E-state index contributed by atoms with van der Waals surface area (Å²) in [5, 5.41) is 3.21. The SMILES string of the molecule is NC(=O)[C@@H](Nc1ccc2c(c1)OC1(CCCCC1)O2)c1ccccc1. The normalized spacial score (nSPS) is 18.7. The molecule has 2 aromatic rings. The molecular formula is C20H22N2O3. The first-order valence-corrected chi connectivity index (χ1v) is 8.78. The number of benzene rings is 2. The Hall–Kier alpha value is -2.69. The van der Waals surface area contributed by atoms with Gasteiger partial charge in [-0.3, -0.25) is 4.79 Å². The predicted octanol–water partition coefficient (Wildman–Crippen LogP) is 3.76. The molecule has 0 saturated heterocycles. The minimum Gasteiger partial charge on any atom is -0.448 e. The van der Waals surface area contributed by atoms with E-state index in [0.717, 1.165) is 48.4 Å². The number of anilines is 1. The van der Waals surface area contributed by atoms with Gasteiger partial charge in [0.15, 0.2) is 11.5 Å². The third kappa shape index (κ3) is 3.14. The molecule has 5 heteroatoms. The molecule has 1 spiro atoms. The summed E-state index contributed by atoms with van der Waals surface area (Å²) >= 11 is 0. The van der Waals surface area contributed by atoms with Crippen molar-refractivity contribution in [1.82, 2.24) is 0 Å². The number of carbonyl (C=O) groups excluding carboxylic acids is 1. The summed E-state index contributed by atoms with van der Waals surface area (Å²) in [6.07, 6.45) is 5.30. The molecule has 25 heavy (non-hydrogen) atoms. The lowest BCUT2D eigenvalue weighted by molar-refractivity contribution is -0.118. The number of rotatable bonds is 4. The first-order chi connectivity index (χ1) is 12.2. The van der Waals surface area contributed by atoms with Crippen LogP contribution in [0.2, 0.25) is 0 Å². The summed E-state index contributed by atoms with van der Waals surface area (Å²) in [4.78, 5) is 11.9. The molecule has 130 valence electrons. The predicted molar refractivity (Wildman–Crippen MR) is 95.5 cm³/mol. The van der Waals surface area contributed by atoms with E-state index < -0.39 is 17.7 Å². The standard InChI is InChI=1S/C20H22N2O3/c21-19(23)18(14-7-3-1-4-8-14)22-15-9-10-16-17(13-15)25-20(24-16)11-5-2-6-12-20/h1,3-4,7-10,13,18,22H,2,5-6,11-12H2,(H2,21,23)/t18-/m0/s1. The second kappa shape index (κ2) is 6.31. The maximum Gasteiger partial charge on any atom is 0.251 e. The van der Waals surface area contributed by atoms with Crippen LogP contribution in [-0.2, 0) is 4.79 Å². The number of hydrogen-bond donors (Lipinski definition) is 2. The molecule has 4 rings (SSSR count). The monoisotopic (exact) mass is 338 g/mol. The third-order valence-corrected chi connectivity index (χ3v) is 4.88.